The molecule has 0 saturated carbocycles. The molecule has 17 heteroatoms. The summed E-state index contributed by atoms with van der Waals surface area (Å²) in [6.07, 6.45) is -1.40. The highest BCUT2D eigenvalue weighted by molar-refractivity contribution is 7.80. The number of carbonyl (C=O) groups excluding carboxylic acids is 4. The molecule has 4 amide bonds. The Hall–Kier alpha value is -3.60. The zero-order chi connectivity index (χ0) is 27.1. The van der Waals surface area contributed by atoms with E-state index in [1.165, 1.54) is 0 Å². The van der Waals surface area contributed by atoms with Gasteiger partial charge in [0.2, 0.25) is 23.6 Å². The molecule has 13 N–H and O–H groups in total. The third kappa shape index (κ3) is 13.6. The van der Waals surface area contributed by atoms with Crippen LogP contribution in [0.3, 0.4) is 0 Å². The maximum Gasteiger partial charge on any atom is 0.326 e. The van der Waals surface area contributed by atoms with E-state index in [2.05, 4.69) is 33.6 Å². The van der Waals surface area contributed by atoms with E-state index >= 15 is 0 Å². The number of hydrogen-bond acceptors (Lipinski definition) is 9. The summed E-state index contributed by atoms with van der Waals surface area (Å²) in [6.45, 7) is 0.111. The summed E-state index contributed by atoms with van der Waals surface area (Å²) in [5, 5.41) is 25.0. The number of rotatable bonds is 17. The molecule has 0 saturated heterocycles. The lowest BCUT2D eigenvalue weighted by atomic mass is 10.1. The van der Waals surface area contributed by atoms with Crippen LogP contribution in [0.4, 0.5) is 0 Å². The molecule has 0 fully saturated rings. The maximum absolute atomic E-state index is 12.8. The summed E-state index contributed by atoms with van der Waals surface area (Å²) in [5.74, 6) is -6.77. The normalized spacial score (nSPS) is 13.9. The number of nitrogens with zero attached hydrogens (tertiary/aromatic N) is 1. The fourth-order valence-corrected chi connectivity index (χ4v) is 2.77. The molecule has 0 aliphatic rings. The number of carbonyl (C=O) groups is 6. The predicted octanol–water partition coefficient (Wildman–Crippen LogP) is -4.42. The van der Waals surface area contributed by atoms with Gasteiger partial charge in [-0.2, -0.15) is 12.6 Å². The minimum atomic E-state index is -1.70. The monoisotopic (exact) mass is 520 g/mol. The van der Waals surface area contributed by atoms with Gasteiger partial charge < -0.3 is 49.1 Å². The Morgan fingerprint density at radius 2 is 1.37 bits per heavy atom. The molecule has 4 unspecified atom stereocenters. The molecule has 0 aromatic rings. The van der Waals surface area contributed by atoms with Gasteiger partial charge in [0.25, 0.3) is 0 Å². The van der Waals surface area contributed by atoms with E-state index in [-0.39, 0.29) is 43.9 Å². The number of carboxylic acid groups (broad SMARTS) is 2. The summed E-state index contributed by atoms with van der Waals surface area (Å²) in [6, 6.07) is -5.57. The molecular weight excluding hydrogens is 488 g/mol. The maximum atomic E-state index is 12.8. The number of amides is 4. The number of guanidine groups is 1. The largest absolute Gasteiger partial charge is 0.481 e. The molecule has 0 aromatic heterocycles. The van der Waals surface area contributed by atoms with E-state index < -0.39 is 66.2 Å². The van der Waals surface area contributed by atoms with Gasteiger partial charge in [0.05, 0.1) is 12.5 Å². The first kappa shape index (κ1) is 31.4. The van der Waals surface area contributed by atoms with Crippen LogP contribution in [0.2, 0.25) is 0 Å². The summed E-state index contributed by atoms with van der Waals surface area (Å²) >= 11 is 3.91. The van der Waals surface area contributed by atoms with Gasteiger partial charge in [-0.05, 0) is 19.3 Å². The van der Waals surface area contributed by atoms with Crippen molar-refractivity contribution in [3.63, 3.8) is 0 Å². The Morgan fingerprint density at radius 3 is 1.86 bits per heavy atom. The fourth-order valence-electron chi connectivity index (χ4n) is 2.61. The van der Waals surface area contributed by atoms with Crippen molar-refractivity contribution in [2.45, 2.75) is 56.3 Å². The first-order valence-electron chi connectivity index (χ1n) is 10.3. The SMILES string of the molecule is NC(=O)CCC(NC(=O)C(CC(=O)O)NC(=O)C(CCCN=C(N)N)NC(=O)C(N)CS)C(=O)O. The van der Waals surface area contributed by atoms with Crippen LogP contribution >= 0.6 is 12.6 Å². The van der Waals surface area contributed by atoms with Gasteiger partial charge in [-0.15, -0.1) is 0 Å². The first-order chi connectivity index (χ1) is 16.3. The van der Waals surface area contributed by atoms with Crippen LogP contribution in [0, 0.1) is 0 Å². The number of hydrogen-bond donors (Lipinski definition) is 10. The first-order valence-corrected chi connectivity index (χ1v) is 11.0. The predicted molar refractivity (Wildman–Crippen MR) is 126 cm³/mol. The molecule has 0 heterocycles. The smallest absolute Gasteiger partial charge is 0.326 e. The Labute approximate surface area is 206 Å². The highest BCUT2D eigenvalue weighted by Crippen LogP contribution is 2.04. The number of primary amides is 1. The van der Waals surface area contributed by atoms with Crippen LogP contribution in [-0.4, -0.2) is 88.2 Å². The van der Waals surface area contributed by atoms with Crippen LogP contribution in [0.5, 0.6) is 0 Å². The number of aliphatic carboxylic acids is 2. The quantitative estimate of drug-likeness (QED) is 0.0377. The zero-order valence-electron chi connectivity index (χ0n) is 18.8. The van der Waals surface area contributed by atoms with Crippen molar-refractivity contribution in [2.75, 3.05) is 12.3 Å². The van der Waals surface area contributed by atoms with Gasteiger partial charge in [-0.1, -0.05) is 0 Å². The average Bonchev–Trinajstić information content (AvgIpc) is 2.76. The van der Waals surface area contributed by atoms with Crippen molar-refractivity contribution in [1.29, 1.82) is 0 Å². The fraction of sp³-hybridized carbons (Fsp3) is 0.611. The van der Waals surface area contributed by atoms with E-state index in [0.29, 0.717) is 0 Å². The summed E-state index contributed by atoms with van der Waals surface area (Å²) in [7, 11) is 0. The van der Waals surface area contributed by atoms with E-state index in [1.807, 2.05) is 0 Å². The molecular formula is C18H32N8O8S. The van der Waals surface area contributed by atoms with Crippen molar-refractivity contribution in [1.82, 2.24) is 16.0 Å². The number of nitrogens with one attached hydrogen (secondary N) is 3. The van der Waals surface area contributed by atoms with Crippen molar-refractivity contribution in [3.8, 4) is 0 Å². The van der Waals surface area contributed by atoms with Crippen LogP contribution in [0.25, 0.3) is 0 Å². The summed E-state index contributed by atoms with van der Waals surface area (Å²) in [4.78, 5) is 74.9. The van der Waals surface area contributed by atoms with Crippen molar-refractivity contribution < 1.29 is 39.0 Å². The van der Waals surface area contributed by atoms with Crippen LogP contribution in [-0.2, 0) is 28.8 Å². The second-order valence-electron chi connectivity index (χ2n) is 7.36. The van der Waals surface area contributed by atoms with Gasteiger partial charge in [0.15, 0.2) is 5.96 Å². The lowest BCUT2D eigenvalue weighted by molar-refractivity contribution is -0.143. The van der Waals surface area contributed by atoms with E-state index in [4.69, 9.17) is 28.0 Å². The minimum absolute atomic E-state index is 0.00851. The van der Waals surface area contributed by atoms with Crippen LogP contribution in [0.15, 0.2) is 4.99 Å². The molecule has 198 valence electrons. The van der Waals surface area contributed by atoms with Gasteiger partial charge in [0.1, 0.15) is 18.1 Å². The summed E-state index contributed by atoms with van der Waals surface area (Å²) < 4.78 is 0. The molecule has 0 aliphatic carbocycles. The summed E-state index contributed by atoms with van der Waals surface area (Å²) in [5.41, 5.74) is 21.1. The van der Waals surface area contributed by atoms with E-state index in [0.717, 1.165) is 0 Å². The topological polar surface area (TPSA) is 295 Å². The van der Waals surface area contributed by atoms with E-state index in [1.54, 1.807) is 0 Å². The molecule has 4 atom stereocenters. The second-order valence-corrected chi connectivity index (χ2v) is 7.73. The Bertz CT molecular complexity index is 820. The zero-order valence-corrected chi connectivity index (χ0v) is 19.7. The second kappa shape index (κ2) is 16.1. The van der Waals surface area contributed by atoms with Gasteiger partial charge in [-0.3, -0.25) is 29.0 Å². The number of aliphatic imine (C=N–C) groups is 1. The Morgan fingerprint density at radius 1 is 0.829 bits per heavy atom. The third-order valence-corrected chi connectivity index (χ3v) is 4.81. The Kier molecular flexibility index (Phi) is 14.4. The minimum Gasteiger partial charge on any atom is -0.481 e. The highest BCUT2D eigenvalue weighted by Gasteiger charge is 2.31. The van der Waals surface area contributed by atoms with Gasteiger partial charge >= 0.3 is 11.9 Å². The van der Waals surface area contributed by atoms with E-state index in [9.17, 15) is 33.9 Å². The molecule has 0 aromatic carbocycles. The van der Waals surface area contributed by atoms with Crippen LogP contribution in [0.1, 0.15) is 32.1 Å². The standard InChI is InChI=1S/C18H32N8O8S/c19-8(7-35)14(30)24-9(2-1-5-23-18(21)22)15(31)26-11(6-13(28)29)16(32)25-10(17(33)34)3-4-12(20)27/h8-11,35H,1-7,19H2,(H2,20,27)(H,24,30)(H,25,32)(H,26,31)(H,28,29)(H,33,34)(H4,21,22,23). The lowest BCUT2D eigenvalue weighted by Crippen LogP contribution is -2.57. The van der Waals surface area contributed by atoms with Gasteiger partial charge in [-0.25, -0.2) is 4.79 Å². The lowest BCUT2D eigenvalue weighted by Gasteiger charge is -2.24. The van der Waals surface area contributed by atoms with Crippen LogP contribution < -0.4 is 38.9 Å². The number of carboxylic acids is 2. The molecule has 0 aliphatic heterocycles. The Balaban J connectivity index is 5.56. The van der Waals surface area contributed by atoms with Crippen molar-refractivity contribution >= 4 is 54.2 Å². The molecule has 0 rings (SSSR count). The van der Waals surface area contributed by atoms with Crippen molar-refractivity contribution in [2.24, 2.45) is 27.9 Å². The molecule has 0 spiro atoms. The third-order valence-electron chi connectivity index (χ3n) is 4.42. The van der Waals surface area contributed by atoms with Gasteiger partial charge in [0, 0.05) is 18.7 Å². The molecule has 0 radical (unpaired) electrons. The highest BCUT2D eigenvalue weighted by atomic mass is 32.1. The number of thiol groups is 1. The van der Waals surface area contributed by atoms with Crippen molar-refractivity contribution in [3.05, 3.63) is 0 Å². The molecule has 35 heavy (non-hydrogen) atoms. The number of nitrogens with two attached hydrogens (primary N) is 4. The average molecular weight is 521 g/mol. The molecule has 0 bridgehead atoms. The molecule has 16 nitrogen and oxygen atoms in total.